The lowest BCUT2D eigenvalue weighted by Crippen LogP contribution is -2.37. The van der Waals surface area contributed by atoms with Gasteiger partial charge >= 0.3 is 0 Å². The quantitative estimate of drug-likeness (QED) is 0.849. The molecule has 1 aromatic heterocycles. The van der Waals surface area contributed by atoms with E-state index >= 15 is 0 Å². The third-order valence-electron chi connectivity index (χ3n) is 4.29. The highest BCUT2D eigenvalue weighted by atomic mass is 16.2. The van der Waals surface area contributed by atoms with E-state index in [1.165, 1.54) is 0 Å². The Bertz CT molecular complexity index is 703. The molecule has 1 fully saturated rings. The van der Waals surface area contributed by atoms with Crippen LogP contribution in [-0.2, 0) is 16.1 Å². The first-order valence-corrected chi connectivity index (χ1v) is 8.23. The average molecular weight is 323 g/mol. The van der Waals surface area contributed by atoms with Gasteiger partial charge in [0.25, 0.3) is 0 Å². The predicted octanol–water partition coefficient (Wildman–Crippen LogP) is 2.48. The Morgan fingerprint density at radius 3 is 2.62 bits per heavy atom. The summed E-state index contributed by atoms with van der Waals surface area (Å²) in [5.41, 5.74) is 1.72. The lowest BCUT2D eigenvalue weighted by molar-refractivity contribution is -0.129. The van der Waals surface area contributed by atoms with E-state index in [2.05, 4.69) is 4.98 Å². The molecule has 5 nitrogen and oxygen atoms in total. The molecule has 0 bridgehead atoms. The van der Waals surface area contributed by atoms with Crippen LogP contribution in [0.3, 0.4) is 0 Å². The van der Waals surface area contributed by atoms with Crippen molar-refractivity contribution in [1.29, 1.82) is 0 Å². The molecule has 5 heteroatoms. The Labute approximate surface area is 141 Å². The van der Waals surface area contributed by atoms with Crippen molar-refractivity contribution in [2.75, 3.05) is 18.0 Å². The molecule has 1 atom stereocenters. The van der Waals surface area contributed by atoms with Gasteiger partial charge in [0.2, 0.25) is 11.8 Å². The van der Waals surface area contributed by atoms with Crippen LogP contribution >= 0.6 is 0 Å². The molecule has 24 heavy (non-hydrogen) atoms. The van der Waals surface area contributed by atoms with Crippen LogP contribution in [0, 0.1) is 5.92 Å². The van der Waals surface area contributed by atoms with Crippen LogP contribution < -0.4 is 4.90 Å². The van der Waals surface area contributed by atoms with Gasteiger partial charge in [-0.15, -0.1) is 0 Å². The number of hydrogen-bond acceptors (Lipinski definition) is 3. The van der Waals surface area contributed by atoms with E-state index in [1.807, 2.05) is 55.5 Å². The van der Waals surface area contributed by atoms with Crippen LogP contribution in [-0.4, -0.2) is 34.8 Å². The van der Waals surface area contributed by atoms with Crippen molar-refractivity contribution >= 4 is 17.5 Å². The third kappa shape index (κ3) is 3.45. The number of carbonyl (C=O) groups is 2. The van der Waals surface area contributed by atoms with Crippen LogP contribution in [0.2, 0.25) is 0 Å². The van der Waals surface area contributed by atoms with Gasteiger partial charge in [-0.2, -0.15) is 0 Å². The Balaban J connectivity index is 1.69. The normalized spacial score (nSPS) is 17.1. The highest BCUT2D eigenvalue weighted by molar-refractivity contribution is 5.98. The second kappa shape index (κ2) is 7.25. The molecule has 1 saturated heterocycles. The van der Waals surface area contributed by atoms with Crippen molar-refractivity contribution in [3.63, 3.8) is 0 Å². The molecule has 1 aliphatic heterocycles. The van der Waals surface area contributed by atoms with Crippen LogP contribution in [0.4, 0.5) is 5.69 Å². The predicted molar refractivity (Wildman–Crippen MR) is 92.2 cm³/mol. The summed E-state index contributed by atoms with van der Waals surface area (Å²) in [7, 11) is 0. The summed E-state index contributed by atoms with van der Waals surface area (Å²) >= 11 is 0. The third-order valence-corrected chi connectivity index (χ3v) is 4.29. The average Bonchev–Trinajstić information content (AvgIpc) is 2.98. The van der Waals surface area contributed by atoms with E-state index in [9.17, 15) is 9.59 Å². The SMILES string of the molecule is CCN(C(=O)[C@H]1CC(=O)N(Cc2ccccn2)C1)c1ccccc1. The van der Waals surface area contributed by atoms with E-state index in [4.69, 9.17) is 0 Å². The zero-order valence-corrected chi connectivity index (χ0v) is 13.8. The van der Waals surface area contributed by atoms with E-state index < -0.39 is 0 Å². The number of benzene rings is 1. The zero-order chi connectivity index (χ0) is 16.9. The number of anilines is 1. The fourth-order valence-electron chi connectivity index (χ4n) is 3.07. The summed E-state index contributed by atoms with van der Waals surface area (Å²) in [6.45, 7) is 3.46. The Morgan fingerprint density at radius 1 is 1.21 bits per heavy atom. The summed E-state index contributed by atoms with van der Waals surface area (Å²) in [5.74, 6) is -0.259. The molecule has 0 spiro atoms. The van der Waals surface area contributed by atoms with Gasteiger partial charge in [-0.3, -0.25) is 14.6 Å². The second-order valence-corrected chi connectivity index (χ2v) is 5.91. The molecule has 0 N–H and O–H groups in total. The van der Waals surface area contributed by atoms with Gasteiger partial charge in [-0.1, -0.05) is 24.3 Å². The molecular weight excluding hydrogens is 302 g/mol. The lowest BCUT2D eigenvalue weighted by Gasteiger charge is -2.24. The summed E-state index contributed by atoms with van der Waals surface area (Å²) in [4.78, 5) is 32.9. The first kappa shape index (κ1) is 16.2. The minimum Gasteiger partial charge on any atom is -0.336 e. The monoisotopic (exact) mass is 323 g/mol. The van der Waals surface area contributed by atoms with Gasteiger partial charge in [0, 0.05) is 31.4 Å². The topological polar surface area (TPSA) is 53.5 Å². The first-order valence-electron chi connectivity index (χ1n) is 8.23. The standard InChI is InChI=1S/C19H21N3O2/c1-2-22(17-9-4-3-5-10-17)19(24)15-12-18(23)21(13-15)14-16-8-6-7-11-20-16/h3-11,15H,2,12-14H2,1H3/t15-/m0/s1. The maximum atomic E-state index is 12.9. The molecule has 2 amide bonds. The van der Waals surface area contributed by atoms with E-state index in [0.29, 0.717) is 19.6 Å². The summed E-state index contributed by atoms with van der Waals surface area (Å²) in [6, 6.07) is 15.2. The molecule has 3 rings (SSSR count). The Hall–Kier alpha value is -2.69. The zero-order valence-electron chi connectivity index (χ0n) is 13.8. The minimum absolute atomic E-state index is 0.0144. The van der Waals surface area contributed by atoms with Gasteiger partial charge in [0.1, 0.15) is 0 Å². The molecule has 0 radical (unpaired) electrons. The van der Waals surface area contributed by atoms with Crippen LogP contribution in [0.1, 0.15) is 19.0 Å². The molecule has 0 saturated carbocycles. The number of amides is 2. The van der Waals surface area contributed by atoms with Crippen molar-refractivity contribution in [1.82, 2.24) is 9.88 Å². The van der Waals surface area contributed by atoms with Gasteiger partial charge in [0.15, 0.2) is 0 Å². The van der Waals surface area contributed by atoms with Crippen molar-refractivity contribution in [3.05, 3.63) is 60.4 Å². The van der Waals surface area contributed by atoms with E-state index in [-0.39, 0.29) is 24.2 Å². The maximum Gasteiger partial charge on any atom is 0.232 e. The number of likely N-dealkylation sites (tertiary alicyclic amines) is 1. The molecule has 2 heterocycles. The number of rotatable bonds is 5. The summed E-state index contributed by atoms with van der Waals surface area (Å²) in [5, 5.41) is 0. The molecule has 0 aliphatic carbocycles. The van der Waals surface area contributed by atoms with Gasteiger partial charge in [0.05, 0.1) is 18.2 Å². The van der Waals surface area contributed by atoms with Gasteiger partial charge in [-0.25, -0.2) is 0 Å². The fourth-order valence-corrected chi connectivity index (χ4v) is 3.07. The van der Waals surface area contributed by atoms with Gasteiger partial charge in [-0.05, 0) is 31.2 Å². The summed E-state index contributed by atoms with van der Waals surface area (Å²) < 4.78 is 0. The smallest absolute Gasteiger partial charge is 0.232 e. The number of para-hydroxylation sites is 1. The van der Waals surface area contributed by atoms with Crippen molar-refractivity contribution < 1.29 is 9.59 Å². The first-order chi connectivity index (χ1) is 11.7. The number of aromatic nitrogens is 1. The fraction of sp³-hybridized carbons (Fsp3) is 0.316. The molecule has 1 aliphatic rings. The molecule has 0 unspecified atom stereocenters. The lowest BCUT2D eigenvalue weighted by atomic mass is 10.1. The Kier molecular flexibility index (Phi) is 4.89. The number of nitrogens with zero attached hydrogens (tertiary/aromatic N) is 3. The number of hydrogen-bond donors (Lipinski definition) is 0. The highest BCUT2D eigenvalue weighted by Gasteiger charge is 2.36. The molecular formula is C19H21N3O2. The largest absolute Gasteiger partial charge is 0.336 e. The Morgan fingerprint density at radius 2 is 1.96 bits per heavy atom. The maximum absolute atomic E-state index is 12.9. The minimum atomic E-state index is -0.290. The van der Waals surface area contributed by atoms with Crippen LogP contribution in [0.15, 0.2) is 54.7 Å². The van der Waals surface area contributed by atoms with Crippen molar-refractivity contribution in [2.45, 2.75) is 19.9 Å². The molecule has 124 valence electrons. The summed E-state index contributed by atoms with van der Waals surface area (Å²) in [6.07, 6.45) is 1.99. The highest BCUT2D eigenvalue weighted by Crippen LogP contribution is 2.24. The van der Waals surface area contributed by atoms with E-state index in [0.717, 1.165) is 11.4 Å². The molecule has 2 aromatic rings. The van der Waals surface area contributed by atoms with E-state index in [1.54, 1.807) is 16.0 Å². The second-order valence-electron chi connectivity index (χ2n) is 5.91. The van der Waals surface area contributed by atoms with Crippen molar-refractivity contribution in [2.24, 2.45) is 5.92 Å². The van der Waals surface area contributed by atoms with Crippen molar-refractivity contribution in [3.8, 4) is 0 Å². The van der Waals surface area contributed by atoms with Crippen LogP contribution in [0.25, 0.3) is 0 Å². The molecule has 1 aromatic carbocycles. The number of pyridine rings is 1. The van der Waals surface area contributed by atoms with Gasteiger partial charge < -0.3 is 9.80 Å². The number of carbonyl (C=O) groups excluding carboxylic acids is 2. The van der Waals surface area contributed by atoms with Crippen LogP contribution in [0.5, 0.6) is 0 Å².